The van der Waals surface area contributed by atoms with Crippen molar-refractivity contribution in [3.8, 4) is 5.75 Å². The zero-order valence-corrected chi connectivity index (χ0v) is 10.9. The van der Waals surface area contributed by atoms with Gasteiger partial charge in [-0.15, -0.1) is 0 Å². The zero-order valence-electron chi connectivity index (χ0n) is 10.9. The third-order valence-corrected chi connectivity index (χ3v) is 2.41. The molecule has 0 aliphatic rings. The Hall–Kier alpha value is -1.75. The Kier molecular flexibility index (Phi) is 5.45. The van der Waals surface area contributed by atoms with Crippen molar-refractivity contribution in [3.63, 3.8) is 0 Å². The van der Waals surface area contributed by atoms with E-state index in [1.807, 2.05) is 13.8 Å². The summed E-state index contributed by atoms with van der Waals surface area (Å²) >= 11 is 0. The molecular weight excluding hydrogens is 234 g/mol. The molecule has 2 N–H and O–H groups in total. The number of para-hydroxylation sites is 1. The average Bonchev–Trinajstić information content (AvgIpc) is 2.38. The number of carbonyl (C=O) groups is 1. The van der Waals surface area contributed by atoms with Gasteiger partial charge in [0.15, 0.2) is 5.75 Å². The second kappa shape index (κ2) is 6.86. The summed E-state index contributed by atoms with van der Waals surface area (Å²) in [6, 6.07) is 4.99. The molecule has 18 heavy (non-hydrogen) atoms. The molecule has 5 heteroatoms. The Morgan fingerprint density at radius 3 is 2.78 bits per heavy atom. The number of benzene rings is 1. The van der Waals surface area contributed by atoms with E-state index in [-0.39, 0.29) is 12.7 Å². The highest BCUT2D eigenvalue weighted by atomic mass is 16.6. The van der Waals surface area contributed by atoms with Crippen molar-refractivity contribution in [2.45, 2.75) is 20.0 Å². The van der Waals surface area contributed by atoms with Crippen molar-refractivity contribution >= 4 is 11.7 Å². The van der Waals surface area contributed by atoms with Gasteiger partial charge in [-0.05, 0) is 26.0 Å². The van der Waals surface area contributed by atoms with Crippen molar-refractivity contribution in [2.75, 3.05) is 26.1 Å². The minimum Gasteiger partial charge on any atom is -0.491 e. The van der Waals surface area contributed by atoms with E-state index >= 15 is 0 Å². The predicted molar refractivity (Wildman–Crippen MR) is 68.8 cm³/mol. The van der Waals surface area contributed by atoms with E-state index in [1.165, 1.54) is 0 Å². The van der Waals surface area contributed by atoms with Crippen LogP contribution in [0.25, 0.3) is 0 Å². The minimum absolute atomic E-state index is 0.148. The van der Waals surface area contributed by atoms with Crippen molar-refractivity contribution < 1.29 is 19.0 Å². The first-order valence-corrected chi connectivity index (χ1v) is 5.81. The lowest BCUT2D eigenvalue weighted by Crippen LogP contribution is -2.18. The number of nitrogens with two attached hydrogens (primary N) is 1. The summed E-state index contributed by atoms with van der Waals surface area (Å²) in [6.45, 7) is 4.27. The number of nitrogen functional groups attached to an aromatic ring is 1. The van der Waals surface area contributed by atoms with Gasteiger partial charge in [0.2, 0.25) is 0 Å². The molecule has 0 radical (unpaired) electrons. The molecule has 1 atom stereocenters. The summed E-state index contributed by atoms with van der Waals surface area (Å²) in [5.74, 6) is -0.0929. The van der Waals surface area contributed by atoms with Crippen LogP contribution in [0, 0.1) is 0 Å². The van der Waals surface area contributed by atoms with Gasteiger partial charge in [-0.2, -0.15) is 0 Å². The predicted octanol–water partition coefficient (Wildman–Crippen LogP) is 1.86. The molecule has 1 aromatic rings. The van der Waals surface area contributed by atoms with Crippen molar-refractivity contribution in [1.29, 1.82) is 0 Å². The van der Waals surface area contributed by atoms with Crippen LogP contribution in [0.15, 0.2) is 18.2 Å². The van der Waals surface area contributed by atoms with E-state index in [0.29, 0.717) is 23.6 Å². The quantitative estimate of drug-likeness (QED) is 0.619. The molecule has 1 rings (SSSR count). The summed E-state index contributed by atoms with van der Waals surface area (Å²) in [5.41, 5.74) is 6.53. The monoisotopic (exact) mass is 253 g/mol. The van der Waals surface area contributed by atoms with E-state index in [9.17, 15) is 4.79 Å². The number of methoxy groups -OCH3 is 1. The lowest BCUT2D eigenvalue weighted by Gasteiger charge is -2.13. The van der Waals surface area contributed by atoms with Gasteiger partial charge in [0.1, 0.15) is 12.2 Å². The highest BCUT2D eigenvalue weighted by Gasteiger charge is 2.17. The highest BCUT2D eigenvalue weighted by Crippen LogP contribution is 2.27. The number of rotatable bonds is 6. The molecule has 1 aromatic carbocycles. The largest absolute Gasteiger partial charge is 0.491 e. The van der Waals surface area contributed by atoms with Gasteiger partial charge >= 0.3 is 5.97 Å². The molecule has 1 unspecified atom stereocenters. The van der Waals surface area contributed by atoms with Gasteiger partial charge in [-0.1, -0.05) is 6.07 Å². The first-order valence-electron chi connectivity index (χ1n) is 5.81. The summed E-state index contributed by atoms with van der Waals surface area (Å²) in [5, 5.41) is 0. The van der Waals surface area contributed by atoms with Gasteiger partial charge < -0.3 is 19.9 Å². The van der Waals surface area contributed by atoms with Crippen LogP contribution in [0.4, 0.5) is 5.69 Å². The van der Waals surface area contributed by atoms with Gasteiger partial charge in [-0.3, -0.25) is 0 Å². The van der Waals surface area contributed by atoms with Gasteiger partial charge in [0.05, 0.1) is 18.4 Å². The number of ether oxygens (including phenoxy) is 3. The topological polar surface area (TPSA) is 70.8 Å². The van der Waals surface area contributed by atoms with Crippen molar-refractivity contribution in [2.24, 2.45) is 0 Å². The molecule has 0 aliphatic carbocycles. The number of anilines is 1. The van der Waals surface area contributed by atoms with Crippen LogP contribution in [0.2, 0.25) is 0 Å². The van der Waals surface area contributed by atoms with Gasteiger partial charge in [0.25, 0.3) is 0 Å². The SMILES string of the molecule is CCOc1c(N)cccc1C(=O)OCC(C)OC. The van der Waals surface area contributed by atoms with Crippen LogP contribution in [-0.2, 0) is 9.47 Å². The third kappa shape index (κ3) is 3.63. The molecule has 0 heterocycles. The second-order valence-corrected chi connectivity index (χ2v) is 3.80. The van der Waals surface area contributed by atoms with Crippen molar-refractivity contribution in [1.82, 2.24) is 0 Å². The van der Waals surface area contributed by atoms with E-state index < -0.39 is 5.97 Å². The molecule has 0 fully saturated rings. The maximum atomic E-state index is 11.9. The lowest BCUT2D eigenvalue weighted by atomic mass is 10.1. The normalized spacial score (nSPS) is 11.9. The van der Waals surface area contributed by atoms with Crippen LogP contribution in [0.3, 0.4) is 0 Å². The maximum absolute atomic E-state index is 11.9. The minimum atomic E-state index is -0.463. The summed E-state index contributed by atoms with van der Waals surface area (Å²) in [7, 11) is 1.56. The fraction of sp³-hybridized carbons (Fsp3) is 0.462. The number of esters is 1. The van der Waals surface area contributed by atoms with E-state index in [2.05, 4.69) is 0 Å². The fourth-order valence-electron chi connectivity index (χ4n) is 1.36. The maximum Gasteiger partial charge on any atom is 0.342 e. The number of hydrogen-bond acceptors (Lipinski definition) is 5. The Balaban J connectivity index is 2.81. The Morgan fingerprint density at radius 1 is 1.44 bits per heavy atom. The summed E-state index contributed by atoms with van der Waals surface area (Å²) in [6.07, 6.45) is -0.148. The molecule has 0 aliphatic heterocycles. The van der Waals surface area contributed by atoms with E-state index in [1.54, 1.807) is 25.3 Å². The fourth-order valence-corrected chi connectivity index (χ4v) is 1.36. The molecule has 0 saturated carbocycles. The Bertz CT molecular complexity index is 406. The summed E-state index contributed by atoms with van der Waals surface area (Å²) in [4.78, 5) is 11.9. The van der Waals surface area contributed by atoms with Crippen LogP contribution in [0.1, 0.15) is 24.2 Å². The smallest absolute Gasteiger partial charge is 0.342 e. The molecule has 0 saturated heterocycles. The molecule has 5 nitrogen and oxygen atoms in total. The van der Waals surface area contributed by atoms with E-state index in [0.717, 1.165) is 0 Å². The Labute approximate surface area is 107 Å². The first kappa shape index (κ1) is 14.3. The molecule has 0 bridgehead atoms. The van der Waals surface area contributed by atoms with Crippen molar-refractivity contribution in [3.05, 3.63) is 23.8 Å². The standard InChI is InChI=1S/C13H19NO4/c1-4-17-12-10(6-5-7-11(12)14)13(15)18-8-9(2)16-3/h5-7,9H,4,8,14H2,1-3H3. The molecule has 100 valence electrons. The van der Waals surface area contributed by atoms with E-state index in [4.69, 9.17) is 19.9 Å². The van der Waals surface area contributed by atoms with Gasteiger partial charge in [0, 0.05) is 7.11 Å². The van der Waals surface area contributed by atoms with Crippen LogP contribution >= 0.6 is 0 Å². The molecule has 0 spiro atoms. The van der Waals surface area contributed by atoms with Gasteiger partial charge in [-0.25, -0.2) is 4.79 Å². The molecular formula is C13H19NO4. The number of carbonyl (C=O) groups excluding carboxylic acids is 1. The highest BCUT2D eigenvalue weighted by molar-refractivity contribution is 5.94. The third-order valence-electron chi connectivity index (χ3n) is 2.41. The van der Waals surface area contributed by atoms with Crippen LogP contribution in [0.5, 0.6) is 5.75 Å². The van der Waals surface area contributed by atoms with Crippen LogP contribution < -0.4 is 10.5 Å². The number of hydrogen-bond donors (Lipinski definition) is 1. The average molecular weight is 253 g/mol. The Morgan fingerprint density at radius 2 is 2.17 bits per heavy atom. The lowest BCUT2D eigenvalue weighted by molar-refractivity contribution is 0.0166. The molecule has 0 aromatic heterocycles. The summed E-state index contributed by atoms with van der Waals surface area (Å²) < 4.78 is 15.5. The van der Waals surface area contributed by atoms with Crippen LogP contribution in [-0.4, -0.2) is 32.4 Å². The first-order chi connectivity index (χ1) is 8.60. The zero-order chi connectivity index (χ0) is 13.5. The second-order valence-electron chi connectivity index (χ2n) is 3.80. The molecule has 0 amide bonds.